The molecule has 1 aromatic heterocycles. The zero-order chi connectivity index (χ0) is 25.8. The second kappa shape index (κ2) is 10.9. The average Bonchev–Trinajstić information content (AvgIpc) is 3.28. The van der Waals surface area contributed by atoms with Gasteiger partial charge in [-0.3, -0.25) is 19.5 Å². The van der Waals surface area contributed by atoms with Crippen molar-refractivity contribution in [2.45, 2.75) is 31.8 Å². The largest absolute Gasteiger partial charge is 0.325 e. The van der Waals surface area contributed by atoms with E-state index in [0.717, 1.165) is 16.8 Å². The number of nitrogens with zero attached hydrogens (tertiary/aromatic N) is 4. The molecule has 3 aromatic carbocycles. The van der Waals surface area contributed by atoms with Crippen molar-refractivity contribution in [3.8, 4) is 17.1 Å². The molecule has 0 atom stereocenters. The fourth-order valence-electron chi connectivity index (χ4n) is 3.76. The lowest BCUT2D eigenvalue weighted by Gasteiger charge is -2.17. The number of hydrogen-bond acceptors (Lipinski definition) is 6. The van der Waals surface area contributed by atoms with Gasteiger partial charge in [-0.2, -0.15) is 0 Å². The predicted molar refractivity (Wildman–Crippen MR) is 143 cm³/mol. The van der Waals surface area contributed by atoms with Crippen molar-refractivity contribution in [1.29, 1.82) is 0 Å². The number of aromatic nitrogens is 3. The smallest absolute Gasteiger partial charge is 0.274 e. The molecule has 0 fully saturated rings. The number of nitro groups is 1. The van der Waals surface area contributed by atoms with Gasteiger partial charge >= 0.3 is 0 Å². The maximum absolute atomic E-state index is 12.7. The van der Waals surface area contributed by atoms with Crippen LogP contribution in [0, 0.1) is 17.0 Å². The SMILES string of the molecule is Cc1ccc(NC(=O)CSc2nnc(-c3ccc(Cl)cc3)n2-c2ccccc2C(C)C)cc1[N+](=O)[O-]. The van der Waals surface area contributed by atoms with Crippen molar-refractivity contribution >= 4 is 40.6 Å². The van der Waals surface area contributed by atoms with Crippen LogP contribution in [-0.2, 0) is 4.79 Å². The first-order valence-corrected chi connectivity index (χ1v) is 12.6. The van der Waals surface area contributed by atoms with Crippen LogP contribution in [0.4, 0.5) is 11.4 Å². The number of para-hydroxylation sites is 1. The van der Waals surface area contributed by atoms with E-state index in [4.69, 9.17) is 11.6 Å². The van der Waals surface area contributed by atoms with Gasteiger partial charge in [-0.25, -0.2) is 0 Å². The highest BCUT2D eigenvalue weighted by molar-refractivity contribution is 7.99. The first-order chi connectivity index (χ1) is 17.2. The summed E-state index contributed by atoms with van der Waals surface area (Å²) in [7, 11) is 0. The van der Waals surface area contributed by atoms with Crippen LogP contribution in [0.2, 0.25) is 5.02 Å². The third-order valence-corrected chi connectivity index (χ3v) is 6.74. The number of hydrogen-bond donors (Lipinski definition) is 1. The molecule has 0 unspecified atom stereocenters. The number of thioether (sulfide) groups is 1. The fourth-order valence-corrected chi connectivity index (χ4v) is 4.63. The predicted octanol–water partition coefficient (Wildman–Crippen LogP) is 6.66. The van der Waals surface area contributed by atoms with E-state index >= 15 is 0 Å². The van der Waals surface area contributed by atoms with Gasteiger partial charge in [-0.15, -0.1) is 10.2 Å². The minimum absolute atomic E-state index is 0.0434. The molecule has 0 aliphatic carbocycles. The number of nitrogens with one attached hydrogen (secondary N) is 1. The van der Waals surface area contributed by atoms with E-state index in [-0.39, 0.29) is 23.3 Å². The number of benzene rings is 3. The first kappa shape index (κ1) is 25.4. The van der Waals surface area contributed by atoms with Crippen molar-refractivity contribution in [2.24, 2.45) is 0 Å². The monoisotopic (exact) mass is 521 g/mol. The van der Waals surface area contributed by atoms with Crippen molar-refractivity contribution in [3.63, 3.8) is 0 Å². The van der Waals surface area contributed by atoms with Gasteiger partial charge in [0.25, 0.3) is 5.69 Å². The van der Waals surface area contributed by atoms with Crippen LogP contribution in [0.25, 0.3) is 17.1 Å². The minimum Gasteiger partial charge on any atom is -0.325 e. The molecule has 0 radical (unpaired) electrons. The number of halogens is 1. The Kier molecular flexibility index (Phi) is 7.71. The van der Waals surface area contributed by atoms with Crippen molar-refractivity contribution < 1.29 is 9.72 Å². The van der Waals surface area contributed by atoms with Gasteiger partial charge in [0.1, 0.15) is 0 Å². The highest BCUT2D eigenvalue weighted by atomic mass is 35.5. The van der Waals surface area contributed by atoms with Gasteiger partial charge in [-0.1, -0.05) is 61.5 Å². The molecule has 1 N–H and O–H groups in total. The number of nitro benzene ring substituents is 1. The van der Waals surface area contributed by atoms with E-state index in [1.54, 1.807) is 31.2 Å². The van der Waals surface area contributed by atoms with E-state index in [1.165, 1.54) is 17.8 Å². The maximum atomic E-state index is 12.7. The quantitative estimate of drug-likeness (QED) is 0.158. The summed E-state index contributed by atoms with van der Waals surface area (Å²) in [6.07, 6.45) is 0. The Morgan fingerprint density at radius 1 is 1.11 bits per heavy atom. The number of carbonyl (C=O) groups is 1. The molecule has 10 heteroatoms. The molecule has 0 saturated heterocycles. The molecule has 0 bridgehead atoms. The molecule has 0 saturated carbocycles. The Hall–Kier alpha value is -3.69. The summed E-state index contributed by atoms with van der Waals surface area (Å²) in [4.78, 5) is 23.5. The second-order valence-electron chi connectivity index (χ2n) is 8.46. The van der Waals surface area contributed by atoms with Crippen LogP contribution in [-0.4, -0.2) is 31.3 Å². The first-order valence-electron chi connectivity index (χ1n) is 11.2. The van der Waals surface area contributed by atoms with Crippen molar-refractivity contribution in [2.75, 3.05) is 11.1 Å². The lowest BCUT2D eigenvalue weighted by molar-refractivity contribution is -0.385. The molecule has 4 rings (SSSR count). The van der Waals surface area contributed by atoms with Gasteiger partial charge in [0.15, 0.2) is 11.0 Å². The summed E-state index contributed by atoms with van der Waals surface area (Å²) in [6.45, 7) is 5.89. The van der Waals surface area contributed by atoms with E-state index in [1.807, 2.05) is 34.9 Å². The standard InChI is InChI=1S/C26H24ClN5O3S/c1-16(2)21-6-4-5-7-22(21)31-25(18-9-11-19(27)12-10-18)29-30-26(31)36-15-24(33)28-20-13-8-17(3)23(14-20)32(34)35/h4-14,16H,15H2,1-3H3,(H,28,33). The van der Waals surface area contributed by atoms with Gasteiger partial charge < -0.3 is 5.32 Å². The lowest BCUT2D eigenvalue weighted by atomic mass is 10.0. The molecule has 0 spiro atoms. The van der Waals surface area contributed by atoms with E-state index in [0.29, 0.717) is 27.3 Å². The minimum atomic E-state index is -0.466. The molecule has 1 amide bonds. The Bertz CT molecular complexity index is 1420. The van der Waals surface area contributed by atoms with Crippen LogP contribution < -0.4 is 5.32 Å². The molecular weight excluding hydrogens is 498 g/mol. The molecule has 4 aromatic rings. The van der Waals surface area contributed by atoms with E-state index in [9.17, 15) is 14.9 Å². The highest BCUT2D eigenvalue weighted by Crippen LogP contribution is 2.32. The van der Waals surface area contributed by atoms with Crippen LogP contribution in [0.3, 0.4) is 0 Å². The Balaban J connectivity index is 1.64. The molecule has 184 valence electrons. The summed E-state index contributed by atoms with van der Waals surface area (Å²) in [5.74, 6) is 0.624. The van der Waals surface area contributed by atoms with Crippen molar-refractivity contribution in [1.82, 2.24) is 14.8 Å². The highest BCUT2D eigenvalue weighted by Gasteiger charge is 2.20. The van der Waals surface area contributed by atoms with E-state index < -0.39 is 4.92 Å². The zero-order valence-corrected chi connectivity index (χ0v) is 21.5. The topological polar surface area (TPSA) is 103 Å². The average molecular weight is 522 g/mol. The molecule has 0 aliphatic rings. The summed E-state index contributed by atoms with van der Waals surface area (Å²) in [6, 6.07) is 20.0. The number of anilines is 1. The third-order valence-electron chi connectivity index (χ3n) is 5.56. The molecular formula is C26H24ClN5O3S. The molecule has 0 aliphatic heterocycles. The number of carbonyl (C=O) groups excluding carboxylic acids is 1. The van der Waals surface area contributed by atoms with Gasteiger partial charge in [-0.05, 0) is 54.8 Å². The van der Waals surface area contributed by atoms with Crippen molar-refractivity contribution in [3.05, 3.63) is 93.0 Å². The molecule has 1 heterocycles. The Morgan fingerprint density at radius 2 is 1.83 bits per heavy atom. The fraction of sp³-hybridized carbons (Fsp3) is 0.192. The lowest BCUT2D eigenvalue weighted by Crippen LogP contribution is -2.15. The number of aryl methyl sites for hydroxylation is 1. The number of rotatable bonds is 8. The second-order valence-corrected chi connectivity index (χ2v) is 9.84. The normalized spacial score (nSPS) is 11.0. The van der Waals surface area contributed by atoms with Crippen LogP contribution in [0.1, 0.15) is 30.9 Å². The Morgan fingerprint density at radius 3 is 2.53 bits per heavy atom. The third kappa shape index (κ3) is 5.58. The zero-order valence-electron chi connectivity index (χ0n) is 19.9. The number of amides is 1. The summed E-state index contributed by atoms with van der Waals surface area (Å²) < 4.78 is 1.95. The van der Waals surface area contributed by atoms with Crippen LogP contribution >= 0.6 is 23.4 Å². The maximum Gasteiger partial charge on any atom is 0.274 e. The van der Waals surface area contributed by atoms with Crippen LogP contribution in [0.15, 0.2) is 71.9 Å². The summed E-state index contributed by atoms with van der Waals surface area (Å²) >= 11 is 7.33. The van der Waals surface area contributed by atoms with E-state index in [2.05, 4.69) is 35.4 Å². The summed E-state index contributed by atoms with van der Waals surface area (Å²) in [5.41, 5.74) is 3.74. The van der Waals surface area contributed by atoms with Gasteiger partial charge in [0.2, 0.25) is 5.91 Å². The molecule has 8 nitrogen and oxygen atoms in total. The Labute approximate surface area is 217 Å². The van der Waals surface area contributed by atoms with Gasteiger partial charge in [0, 0.05) is 27.9 Å². The van der Waals surface area contributed by atoms with Gasteiger partial charge in [0.05, 0.1) is 16.4 Å². The molecule has 36 heavy (non-hydrogen) atoms. The summed E-state index contributed by atoms with van der Waals surface area (Å²) in [5, 5.41) is 24.0. The van der Waals surface area contributed by atoms with Crippen LogP contribution in [0.5, 0.6) is 0 Å².